The molecule has 2 aromatic rings. The first-order valence-electron chi connectivity index (χ1n) is 5.82. The van der Waals surface area contributed by atoms with Gasteiger partial charge in [-0.3, -0.25) is 20.2 Å². The van der Waals surface area contributed by atoms with E-state index < -0.39 is 9.85 Å². The lowest BCUT2D eigenvalue weighted by atomic mass is 10.3. The lowest BCUT2D eigenvalue weighted by molar-refractivity contribution is -0.385. The molecule has 0 aromatic heterocycles. The van der Waals surface area contributed by atoms with Crippen molar-refractivity contribution in [1.29, 1.82) is 0 Å². The molecule has 2 rings (SSSR count). The summed E-state index contributed by atoms with van der Waals surface area (Å²) in [6, 6.07) is 5.44. The molecule has 0 amide bonds. The Morgan fingerprint density at radius 2 is 0.875 bits per heavy atom. The minimum Gasteiger partial charge on any atom is -0.397 e. The highest BCUT2D eigenvalue weighted by molar-refractivity contribution is 9.11. The van der Waals surface area contributed by atoms with Crippen LogP contribution in [0.4, 0.5) is 22.7 Å². The Morgan fingerprint density at radius 1 is 0.667 bits per heavy atom. The fourth-order valence-corrected chi connectivity index (χ4v) is 3.68. The molecule has 0 aliphatic rings. The fraction of sp³-hybridized carbons (Fsp3) is 0. The number of anilines is 2. The summed E-state index contributed by atoms with van der Waals surface area (Å²) < 4.78 is 2.07. The first-order chi connectivity index (χ1) is 11.0. The second kappa shape index (κ2) is 8.74. The summed E-state index contributed by atoms with van der Waals surface area (Å²) in [5.74, 6) is 0. The number of nitrogens with zero attached hydrogens (tertiary/aromatic N) is 2. The Bertz CT molecular complexity index is 702. The molecule has 0 fully saturated rings. The van der Waals surface area contributed by atoms with Gasteiger partial charge < -0.3 is 11.5 Å². The van der Waals surface area contributed by atoms with Crippen LogP contribution in [0.3, 0.4) is 0 Å². The molecule has 128 valence electrons. The van der Waals surface area contributed by atoms with Crippen LogP contribution in [-0.4, -0.2) is 9.85 Å². The van der Waals surface area contributed by atoms with Crippen LogP contribution in [0.25, 0.3) is 0 Å². The topological polar surface area (TPSA) is 138 Å². The number of halogens is 4. The Labute approximate surface area is 169 Å². The van der Waals surface area contributed by atoms with Crippen molar-refractivity contribution in [1.82, 2.24) is 0 Å². The van der Waals surface area contributed by atoms with Crippen molar-refractivity contribution in [3.8, 4) is 0 Å². The minimum absolute atomic E-state index is 0.00273. The van der Waals surface area contributed by atoms with Gasteiger partial charge in [-0.1, -0.05) is 0 Å². The maximum atomic E-state index is 10.3. The molecule has 0 radical (unpaired) electrons. The number of nitrogen functional groups attached to an aromatic ring is 2. The zero-order chi connectivity index (χ0) is 18.6. The summed E-state index contributed by atoms with van der Waals surface area (Å²) in [7, 11) is 0. The predicted octanol–water partition coefficient (Wildman–Crippen LogP) is 5.40. The molecule has 0 aliphatic carbocycles. The van der Waals surface area contributed by atoms with E-state index in [1.54, 1.807) is 0 Å². The van der Waals surface area contributed by atoms with Crippen molar-refractivity contribution in [3.05, 3.63) is 62.4 Å². The van der Waals surface area contributed by atoms with Crippen LogP contribution in [0.1, 0.15) is 0 Å². The molecule has 0 unspecified atom stereocenters. The molecule has 2 aromatic carbocycles. The molecule has 4 N–H and O–H groups in total. The van der Waals surface area contributed by atoms with E-state index in [0.29, 0.717) is 29.3 Å². The average molecular weight is 592 g/mol. The highest BCUT2D eigenvalue weighted by Gasteiger charge is 2.12. The maximum absolute atomic E-state index is 10.3. The van der Waals surface area contributed by atoms with Gasteiger partial charge in [0.2, 0.25) is 0 Å². The van der Waals surface area contributed by atoms with Gasteiger partial charge >= 0.3 is 0 Å². The summed E-state index contributed by atoms with van der Waals surface area (Å²) in [4.78, 5) is 19.7. The number of hydrogen-bond acceptors (Lipinski definition) is 6. The van der Waals surface area contributed by atoms with E-state index in [2.05, 4.69) is 63.7 Å². The van der Waals surface area contributed by atoms with Crippen LogP contribution in [0.2, 0.25) is 0 Å². The van der Waals surface area contributed by atoms with Crippen molar-refractivity contribution in [2.24, 2.45) is 0 Å². The van der Waals surface area contributed by atoms with Crippen molar-refractivity contribution < 1.29 is 9.85 Å². The summed E-state index contributed by atoms with van der Waals surface area (Å²) in [6.07, 6.45) is 0. The van der Waals surface area contributed by atoms with Crippen LogP contribution in [-0.2, 0) is 0 Å². The molecule has 0 saturated carbocycles. The van der Waals surface area contributed by atoms with Crippen molar-refractivity contribution in [3.63, 3.8) is 0 Å². The molecule has 24 heavy (non-hydrogen) atoms. The smallest absolute Gasteiger partial charge is 0.271 e. The van der Waals surface area contributed by atoms with Crippen LogP contribution in [0.15, 0.2) is 42.2 Å². The Morgan fingerprint density at radius 3 is 1.04 bits per heavy atom. The summed E-state index contributed by atoms with van der Waals surface area (Å²) in [5.41, 5.74) is 12.0. The number of hydrogen-bond donors (Lipinski definition) is 2. The minimum atomic E-state index is -0.477. The second-order valence-electron chi connectivity index (χ2n) is 4.16. The molecule has 0 atom stereocenters. The maximum Gasteiger partial charge on any atom is 0.271 e. The summed E-state index contributed by atoms with van der Waals surface area (Å²) in [6.45, 7) is 0. The molecule has 0 aliphatic heterocycles. The van der Waals surface area contributed by atoms with Crippen molar-refractivity contribution in [2.75, 3.05) is 11.5 Å². The predicted molar refractivity (Wildman–Crippen MR) is 106 cm³/mol. The van der Waals surface area contributed by atoms with Crippen molar-refractivity contribution in [2.45, 2.75) is 0 Å². The van der Waals surface area contributed by atoms with Crippen LogP contribution in [0.5, 0.6) is 0 Å². The lowest BCUT2D eigenvalue weighted by Gasteiger charge is -2.00. The SMILES string of the molecule is Nc1c(Br)cc([N+](=O)[O-])cc1Br.Nc1c(Br)cc([N+](=O)[O-])cc1Br. The zero-order valence-corrected chi connectivity index (χ0v) is 17.8. The van der Waals surface area contributed by atoms with Gasteiger partial charge in [0.1, 0.15) is 0 Å². The lowest BCUT2D eigenvalue weighted by Crippen LogP contribution is -1.92. The summed E-state index contributed by atoms with van der Waals surface area (Å²) >= 11 is 12.4. The van der Waals surface area contributed by atoms with Crippen molar-refractivity contribution >= 4 is 86.5 Å². The molecule has 0 heterocycles. The van der Waals surface area contributed by atoms with Crippen LogP contribution < -0.4 is 11.5 Å². The largest absolute Gasteiger partial charge is 0.397 e. The van der Waals surface area contributed by atoms with Gasteiger partial charge in [0.15, 0.2) is 0 Å². The van der Waals surface area contributed by atoms with E-state index in [4.69, 9.17) is 11.5 Å². The van der Waals surface area contributed by atoms with E-state index in [1.807, 2.05) is 0 Å². The molecular formula is C12H8Br4N4O4. The van der Waals surface area contributed by atoms with Gasteiger partial charge in [0, 0.05) is 42.2 Å². The monoisotopic (exact) mass is 588 g/mol. The van der Waals surface area contributed by atoms with Gasteiger partial charge in [0.05, 0.1) is 21.2 Å². The van der Waals surface area contributed by atoms with Gasteiger partial charge in [-0.15, -0.1) is 0 Å². The standard InChI is InChI=1S/2C6H4Br2N2O2/c2*7-4-1-3(10(11)12)2-5(8)6(4)9/h2*1-2H,9H2. The third-order valence-electron chi connectivity index (χ3n) is 2.55. The number of rotatable bonds is 2. The second-order valence-corrected chi connectivity index (χ2v) is 7.58. The molecule has 0 bridgehead atoms. The Balaban J connectivity index is 0.000000240. The molecule has 8 nitrogen and oxygen atoms in total. The number of non-ortho nitro benzene ring substituents is 2. The summed E-state index contributed by atoms with van der Waals surface area (Å²) in [5, 5.41) is 20.7. The molecule has 12 heteroatoms. The normalized spacial score (nSPS) is 9.83. The third kappa shape index (κ3) is 5.40. The number of nitrogens with two attached hydrogens (primary N) is 2. The van der Waals surface area contributed by atoms with E-state index >= 15 is 0 Å². The number of nitro benzene ring substituents is 2. The molecular weight excluding hydrogens is 584 g/mol. The molecule has 0 saturated heterocycles. The van der Waals surface area contributed by atoms with E-state index in [9.17, 15) is 20.2 Å². The van der Waals surface area contributed by atoms with E-state index in [0.717, 1.165) is 0 Å². The Hall–Kier alpha value is -1.24. The number of nitro groups is 2. The van der Waals surface area contributed by atoms with Gasteiger partial charge in [0.25, 0.3) is 11.4 Å². The Kier molecular flexibility index (Phi) is 7.57. The molecule has 0 spiro atoms. The number of benzene rings is 2. The quantitative estimate of drug-likeness (QED) is 0.272. The van der Waals surface area contributed by atoms with Gasteiger partial charge in [-0.05, 0) is 63.7 Å². The first-order valence-corrected chi connectivity index (χ1v) is 8.99. The third-order valence-corrected chi connectivity index (χ3v) is 5.17. The average Bonchev–Trinajstić information content (AvgIpc) is 2.49. The van der Waals surface area contributed by atoms with Gasteiger partial charge in [-0.25, -0.2) is 0 Å². The van der Waals surface area contributed by atoms with Crippen LogP contribution >= 0.6 is 63.7 Å². The fourth-order valence-electron chi connectivity index (χ4n) is 1.35. The van der Waals surface area contributed by atoms with E-state index in [-0.39, 0.29) is 11.4 Å². The van der Waals surface area contributed by atoms with Gasteiger partial charge in [-0.2, -0.15) is 0 Å². The van der Waals surface area contributed by atoms with E-state index in [1.165, 1.54) is 24.3 Å². The first kappa shape index (κ1) is 20.8. The highest BCUT2D eigenvalue weighted by atomic mass is 79.9. The highest BCUT2D eigenvalue weighted by Crippen LogP contribution is 2.33. The van der Waals surface area contributed by atoms with Crippen LogP contribution in [0, 0.1) is 20.2 Å². The zero-order valence-electron chi connectivity index (χ0n) is 11.5.